The number of amides is 1. The van der Waals surface area contributed by atoms with Crippen molar-refractivity contribution in [1.82, 2.24) is 4.90 Å². The van der Waals surface area contributed by atoms with Crippen LogP contribution in [-0.4, -0.2) is 37.6 Å². The van der Waals surface area contributed by atoms with E-state index in [-0.39, 0.29) is 18.1 Å². The Bertz CT molecular complexity index is 738. The molecule has 0 N–H and O–H groups in total. The van der Waals surface area contributed by atoms with E-state index in [4.69, 9.17) is 15.9 Å². The summed E-state index contributed by atoms with van der Waals surface area (Å²) in [6, 6.07) is 5.47. The van der Waals surface area contributed by atoms with Crippen LogP contribution < -0.4 is 9.47 Å². The van der Waals surface area contributed by atoms with Crippen molar-refractivity contribution in [2.75, 3.05) is 26.8 Å². The molecule has 0 aromatic heterocycles. The molecule has 24 heavy (non-hydrogen) atoms. The smallest absolute Gasteiger partial charge is 0.264 e. The largest absolute Gasteiger partial charge is 0.493 e. The van der Waals surface area contributed by atoms with Gasteiger partial charge in [0.15, 0.2) is 11.5 Å². The highest BCUT2D eigenvalue weighted by molar-refractivity contribution is 9.10. The summed E-state index contributed by atoms with van der Waals surface area (Å²) in [7, 11) is 1.51. The van der Waals surface area contributed by atoms with Crippen LogP contribution in [0.4, 0.5) is 0 Å². The lowest BCUT2D eigenvalue weighted by Crippen LogP contribution is -2.28. The SMILES string of the molecule is C#CCOc1c(/C=C(\C#N)C(=O)N2CCCC2)cc(Br)cc1OC. The van der Waals surface area contributed by atoms with Gasteiger partial charge in [0.25, 0.3) is 5.91 Å². The summed E-state index contributed by atoms with van der Waals surface area (Å²) in [5, 5.41) is 9.40. The monoisotopic (exact) mass is 388 g/mol. The van der Waals surface area contributed by atoms with Crippen LogP contribution in [0.25, 0.3) is 6.08 Å². The highest BCUT2D eigenvalue weighted by Crippen LogP contribution is 2.36. The van der Waals surface area contributed by atoms with Crippen LogP contribution in [0.15, 0.2) is 22.2 Å². The van der Waals surface area contributed by atoms with Gasteiger partial charge in [-0.25, -0.2) is 0 Å². The van der Waals surface area contributed by atoms with Gasteiger partial charge in [0.2, 0.25) is 0 Å². The van der Waals surface area contributed by atoms with Gasteiger partial charge in [-0.1, -0.05) is 21.9 Å². The number of ether oxygens (including phenoxy) is 2. The van der Waals surface area contributed by atoms with Gasteiger partial charge in [-0.2, -0.15) is 5.26 Å². The molecule has 1 saturated heterocycles. The number of hydrogen-bond acceptors (Lipinski definition) is 4. The van der Waals surface area contributed by atoms with E-state index in [1.807, 2.05) is 6.07 Å². The van der Waals surface area contributed by atoms with Crippen molar-refractivity contribution >= 4 is 27.9 Å². The Labute approximate surface area is 150 Å². The summed E-state index contributed by atoms with van der Waals surface area (Å²) in [5.41, 5.74) is 0.614. The van der Waals surface area contributed by atoms with Crippen molar-refractivity contribution in [3.63, 3.8) is 0 Å². The van der Waals surface area contributed by atoms with Crippen molar-refractivity contribution in [2.45, 2.75) is 12.8 Å². The predicted octanol–water partition coefficient (Wildman–Crippen LogP) is 3.00. The van der Waals surface area contributed by atoms with Crippen LogP contribution in [0.5, 0.6) is 11.5 Å². The first kappa shape index (κ1) is 17.9. The van der Waals surface area contributed by atoms with Crippen molar-refractivity contribution in [3.8, 4) is 29.9 Å². The molecule has 1 aliphatic rings. The van der Waals surface area contributed by atoms with Crippen LogP contribution in [0, 0.1) is 23.7 Å². The van der Waals surface area contributed by atoms with Crippen molar-refractivity contribution < 1.29 is 14.3 Å². The van der Waals surface area contributed by atoms with Gasteiger partial charge in [0, 0.05) is 23.1 Å². The fourth-order valence-electron chi connectivity index (χ4n) is 2.50. The number of benzene rings is 1. The fourth-order valence-corrected chi connectivity index (χ4v) is 2.96. The maximum Gasteiger partial charge on any atom is 0.264 e. The van der Waals surface area contributed by atoms with E-state index >= 15 is 0 Å². The summed E-state index contributed by atoms with van der Waals surface area (Å²) >= 11 is 3.39. The molecule has 0 saturated carbocycles. The standard InChI is InChI=1S/C18H17BrN2O3/c1-3-8-24-17-13(10-15(19)11-16(17)23-2)9-14(12-20)18(22)21-6-4-5-7-21/h1,9-11H,4-8H2,2H3/b14-9+. The average Bonchev–Trinajstić information content (AvgIpc) is 3.12. The number of halogens is 1. The number of nitrogens with zero attached hydrogens (tertiary/aromatic N) is 2. The molecule has 1 aromatic rings. The molecular weight excluding hydrogens is 372 g/mol. The Morgan fingerprint density at radius 2 is 2.17 bits per heavy atom. The minimum atomic E-state index is -0.267. The molecule has 1 aromatic carbocycles. The summed E-state index contributed by atoms with van der Waals surface area (Å²) in [4.78, 5) is 14.2. The Morgan fingerprint density at radius 1 is 1.46 bits per heavy atom. The molecule has 124 valence electrons. The Morgan fingerprint density at radius 3 is 2.75 bits per heavy atom. The van der Waals surface area contributed by atoms with E-state index in [0.29, 0.717) is 30.2 Å². The summed E-state index contributed by atoms with van der Waals surface area (Å²) in [5.74, 6) is 3.00. The summed E-state index contributed by atoms with van der Waals surface area (Å²) in [6.45, 7) is 1.42. The van der Waals surface area contributed by atoms with Crippen molar-refractivity contribution in [3.05, 3.63) is 27.7 Å². The van der Waals surface area contributed by atoms with E-state index in [1.54, 1.807) is 17.0 Å². The Balaban J connectivity index is 2.44. The number of carbonyl (C=O) groups is 1. The number of rotatable bonds is 5. The molecular formula is C18H17BrN2O3. The quantitative estimate of drug-likeness (QED) is 0.441. The number of methoxy groups -OCH3 is 1. The van der Waals surface area contributed by atoms with Crippen LogP contribution in [-0.2, 0) is 4.79 Å². The number of hydrogen-bond donors (Lipinski definition) is 0. The molecule has 6 heteroatoms. The third-order valence-electron chi connectivity index (χ3n) is 3.61. The molecule has 2 rings (SSSR count). The maximum atomic E-state index is 12.5. The maximum absolute atomic E-state index is 12.5. The molecule has 0 spiro atoms. The zero-order valence-corrected chi connectivity index (χ0v) is 14.9. The summed E-state index contributed by atoms with van der Waals surface area (Å²) in [6.07, 6.45) is 8.69. The fraction of sp³-hybridized carbons (Fsp3) is 0.333. The second-order valence-corrected chi connectivity index (χ2v) is 6.10. The minimum absolute atomic E-state index is 0.0563. The highest BCUT2D eigenvalue weighted by atomic mass is 79.9. The second kappa shape index (κ2) is 8.42. The second-order valence-electron chi connectivity index (χ2n) is 5.19. The van der Waals surface area contributed by atoms with Gasteiger partial charge >= 0.3 is 0 Å². The molecule has 1 amide bonds. The lowest BCUT2D eigenvalue weighted by atomic mass is 10.1. The lowest BCUT2D eigenvalue weighted by Gasteiger charge is -2.15. The lowest BCUT2D eigenvalue weighted by molar-refractivity contribution is -0.125. The van der Waals surface area contributed by atoms with Crippen LogP contribution in [0.1, 0.15) is 18.4 Å². The normalized spacial score (nSPS) is 14.0. The number of carbonyl (C=O) groups excluding carboxylic acids is 1. The zero-order chi connectivity index (χ0) is 17.5. The van der Waals surface area contributed by atoms with E-state index < -0.39 is 0 Å². The van der Waals surface area contributed by atoms with Gasteiger partial charge in [0.05, 0.1) is 7.11 Å². The van der Waals surface area contributed by atoms with Crippen molar-refractivity contribution in [1.29, 1.82) is 5.26 Å². The van der Waals surface area contributed by atoms with E-state index in [0.717, 1.165) is 17.3 Å². The molecule has 1 aliphatic heterocycles. The first-order valence-electron chi connectivity index (χ1n) is 7.45. The number of terminal acetylenes is 1. The Hall–Kier alpha value is -2.44. The molecule has 5 nitrogen and oxygen atoms in total. The van der Waals surface area contributed by atoms with Crippen molar-refractivity contribution in [2.24, 2.45) is 0 Å². The highest BCUT2D eigenvalue weighted by Gasteiger charge is 2.22. The summed E-state index contributed by atoms with van der Waals surface area (Å²) < 4.78 is 11.6. The van der Waals surface area contributed by atoms with Gasteiger partial charge in [-0.3, -0.25) is 4.79 Å². The van der Waals surface area contributed by atoms with Gasteiger partial charge in [-0.05, 0) is 31.1 Å². The van der Waals surface area contributed by atoms with Crippen LogP contribution in [0.2, 0.25) is 0 Å². The van der Waals surface area contributed by atoms with Gasteiger partial charge in [-0.15, -0.1) is 6.42 Å². The van der Waals surface area contributed by atoms with E-state index in [9.17, 15) is 10.1 Å². The Kier molecular flexibility index (Phi) is 6.28. The molecule has 1 heterocycles. The van der Waals surface area contributed by atoms with Crippen LogP contribution >= 0.6 is 15.9 Å². The zero-order valence-electron chi connectivity index (χ0n) is 13.3. The average molecular weight is 389 g/mol. The number of likely N-dealkylation sites (tertiary alicyclic amines) is 1. The molecule has 0 unspecified atom stereocenters. The minimum Gasteiger partial charge on any atom is -0.493 e. The number of nitriles is 1. The topological polar surface area (TPSA) is 62.6 Å². The van der Waals surface area contributed by atoms with E-state index in [1.165, 1.54) is 13.2 Å². The molecule has 0 aliphatic carbocycles. The van der Waals surface area contributed by atoms with E-state index in [2.05, 4.69) is 21.9 Å². The molecule has 1 fully saturated rings. The van der Waals surface area contributed by atoms with Crippen LogP contribution in [0.3, 0.4) is 0 Å². The third kappa shape index (κ3) is 4.10. The first-order chi connectivity index (χ1) is 11.6. The molecule has 0 atom stereocenters. The third-order valence-corrected chi connectivity index (χ3v) is 4.07. The molecule has 0 radical (unpaired) electrons. The molecule has 0 bridgehead atoms. The first-order valence-corrected chi connectivity index (χ1v) is 8.25. The van der Waals surface area contributed by atoms with Gasteiger partial charge < -0.3 is 14.4 Å². The predicted molar refractivity (Wildman–Crippen MR) is 94.4 cm³/mol. The van der Waals surface area contributed by atoms with Gasteiger partial charge in [0.1, 0.15) is 18.2 Å².